The molecule has 4 heteroatoms. The highest BCUT2D eigenvalue weighted by Gasteiger charge is 2.39. The quantitative estimate of drug-likeness (QED) is 0.524. The number of carbonyl (C=O) groups is 1. The third-order valence-corrected chi connectivity index (χ3v) is 6.68. The predicted molar refractivity (Wildman–Crippen MR) is 61.6 cm³/mol. The molecule has 0 aromatic carbocycles. The molecule has 0 rings (SSSR count). The molecule has 0 saturated heterocycles. The third kappa shape index (κ3) is 3.90. The fraction of sp³-hybridized carbons (Fsp3) is 0.900. The van der Waals surface area contributed by atoms with Crippen LogP contribution in [0.1, 0.15) is 26.7 Å². The second-order valence-corrected chi connectivity index (χ2v) is 9.59. The molecule has 0 saturated carbocycles. The van der Waals surface area contributed by atoms with Gasteiger partial charge in [0.1, 0.15) is 6.29 Å². The highest BCUT2D eigenvalue weighted by atomic mass is 28.4. The van der Waals surface area contributed by atoms with Gasteiger partial charge in [-0.05, 0) is 37.5 Å². The molecular formula is C10H23NO2Si. The molecule has 0 spiro atoms. The lowest BCUT2D eigenvalue weighted by atomic mass is 9.95. The number of nitrogens with two attached hydrogens (primary N) is 1. The van der Waals surface area contributed by atoms with Gasteiger partial charge in [0.25, 0.3) is 0 Å². The largest absolute Gasteiger partial charge is 0.432 e. The fourth-order valence-electron chi connectivity index (χ4n) is 1.34. The van der Waals surface area contributed by atoms with Crippen molar-refractivity contribution in [3.05, 3.63) is 0 Å². The maximum atomic E-state index is 10.8. The molecule has 0 fully saturated rings. The van der Waals surface area contributed by atoms with E-state index in [1.54, 1.807) is 0 Å². The van der Waals surface area contributed by atoms with Gasteiger partial charge in [0.15, 0.2) is 8.32 Å². The van der Waals surface area contributed by atoms with E-state index in [9.17, 15) is 9.59 Å². The Bertz CT molecular complexity index is 187. The van der Waals surface area contributed by atoms with Crippen molar-refractivity contribution < 1.29 is 9.59 Å². The van der Waals surface area contributed by atoms with Crippen LogP contribution in [0.15, 0.2) is 0 Å². The molecule has 84 valence electrons. The lowest BCUT2D eigenvalue weighted by Crippen LogP contribution is -2.40. The summed E-state index contributed by atoms with van der Waals surface area (Å²) in [4.78, 5) is 20.8. The van der Waals surface area contributed by atoms with Crippen LogP contribution in [0.5, 0.6) is 0 Å². The summed E-state index contributed by atoms with van der Waals surface area (Å²) < 4.78 is 0. The molecular weight excluding hydrogens is 194 g/mol. The fourth-order valence-corrected chi connectivity index (χ4v) is 2.10. The molecule has 0 radical (unpaired) electrons. The number of aldehydes is 1. The minimum absolute atomic E-state index is 0.00562. The smallest absolute Gasteiger partial charge is 0.188 e. The van der Waals surface area contributed by atoms with Gasteiger partial charge in [-0.1, -0.05) is 13.8 Å². The van der Waals surface area contributed by atoms with Crippen molar-refractivity contribution in [2.45, 2.75) is 44.8 Å². The van der Waals surface area contributed by atoms with E-state index in [1.165, 1.54) is 0 Å². The molecule has 3 nitrogen and oxygen atoms in total. The summed E-state index contributed by atoms with van der Waals surface area (Å²) in [5.41, 5.74) is 5.42. The van der Waals surface area contributed by atoms with Crippen LogP contribution < -0.4 is 5.73 Å². The maximum absolute atomic E-state index is 10.8. The van der Waals surface area contributed by atoms with Gasteiger partial charge >= 0.3 is 0 Å². The highest BCUT2D eigenvalue weighted by molar-refractivity contribution is 6.72. The molecule has 3 N–H and O–H groups in total. The van der Waals surface area contributed by atoms with E-state index < -0.39 is 8.32 Å². The molecule has 0 heterocycles. The molecule has 0 aliphatic heterocycles. The first-order valence-corrected chi connectivity index (χ1v) is 8.07. The summed E-state index contributed by atoms with van der Waals surface area (Å²) in [6.07, 6.45) is 2.43. The summed E-state index contributed by atoms with van der Waals surface area (Å²) in [5.74, 6) is -0.00562. The Morgan fingerprint density at radius 1 is 1.50 bits per heavy atom. The van der Waals surface area contributed by atoms with E-state index in [2.05, 4.69) is 0 Å². The molecule has 0 aliphatic carbocycles. The van der Waals surface area contributed by atoms with Gasteiger partial charge in [-0.2, -0.15) is 0 Å². The SMILES string of the molecule is CC(C)(CC(C=O)CCN)[Si](C)(C)O. The van der Waals surface area contributed by atoms with Crippen LogP contribution in [0.4, 0.5) is 0 Å². The van der Waals surface area contributed by atoms with Crippen LogP contribution >= 0.6 is 0 Å². The van der Waals surface area contributed by atoms with E-state index >= 15 is 0 Å². The topological polar surface area (TPSA) is 63.3 Å². The second kappa shape index (κ2) is 5.05. The average molecular weight is 217 g/mol. The summed E-state index contributed by atoms with van der Waals surface area (Å²) >= 11 is 0. The van der Waals surface area contributed by atoms with Crippen molar-refractivity contribution in [2.24, 2.45) is 11.7 Å². The van der Waals surface area contributed by atoms with Crippen molar-refractivity contribution in [1.29, 1.82) is 0 Å². The predicted octanol–water partition coefficient (Wildman–Crippen LogP) is 1.52. The summed E-state index contributed by atoms with van der Waals surface area (Å²) in [6.45, 7) is 8.43. The lowest BCUT2D eigenvalue weighted by molar-refractivity contribution is -0.111. The number of hydrogen-bond acceptors (Lipinski definition) is 3. The standard InChI is InChI=1S/C10H23NO2Si/c1-10(2,14(3,4)13)7-9(8-12)5-6-11/h8-9,13H,5-7,11H2,1-4H3. The zero-order valence-electron chi connectivity index (χ0n) is 9.71. The molecule has 1 unspecified atom stereocenters. The minimum atomic E-state index is -2.19. The van der Waals surface area contributed by atoms with Gasteiger partial charge in [0.05, 0.1) is 0 Å². The Morgan fingerprint density at radius 3 is 2.29 bits per heavy atom. The molecule has 0 amide bonds. The molecule has 0 aliphatic rings. The normalized spacial score (nSPS) is 15.3. The number of carbonyl (C=O) groups excluding carboxylic acids is 1. The highest BCUT2D eigenvalue weighted by Crippen LogP contribution is 2.41. The number of hydrogen-bond donors (Lipinski definition) is 2. The Labute approximate surface area is 87.8 Å². The van der Waals surface area contributed by atoms with Gasteiger partial charge in [-0.15, -0.1) is 0 Å². The average Bonchev–Trinajstić information content (AvgIpc) is 2.01. The van der Waals surface area contributed by atoms with Crippen LogP contribution in [0.25, 0.3) is 0 Å². The van der Waals surface area contributed by atoms with Crippen molar-refractivity contribution in [3.8, 4) is 0 Å². The summed E-state index contributed by atoms with van der Waals surface area (Å²) in [5, 5.41) is -0.131. The van der Waals surface area contributed by atoms with E-state index in [1.807, 2.05) is 26.9 Å². The van der Waals surface area contributed by atoms with Crippen LogP contribution in [0, 0.1) is 5.92 Å². The first-order valence-electron chi connectivity index (χ1n) is 5.12. The molecule has 0 bridgehead atoms. The second-order valence-electron chi connectivity index (χ2n) is 5.12. The van der Waals surface area contributed by atoms with Crippen LogP contribution in [0.3, 0.4) is 0 Å². The van der Waals surface area contributed by atoms with Crippen LogP contribution in [0.2, 0.25) is 18.1 Å². The molecule has 1 atom stereocenters. The van der Waals surface area contributed by atoms with Gasteiger partial charge < -0.3 is 15.3 Å². The summed E-state index contributed by atoms with van der Waals surface area (Å²) in [7, 11) is -2.19. The third-order valence-electron chi connectivity index (χ3n) is 3.16. The molecule has 0 aromatic rings. The van der Waals surface area contributed by atoms with E-state index in [0.717, 1.165) is 19.1 Å². The maximum Gasteiger partial charge on any atom is 0.188 e. The summed E-state index contributed by atoms with van der Waals surface area (Å²) in [6, 6.07) is 0. The van der Waals surface area contributed by atoms with Gasteiger partial charge in [0, 0.05) is 5.92 Å². The van der Waals surface area contributed by atoms with Crippen molar-refractivity contribution >= 4 is 14.6 Å². The molecule has 0 aromatic heterocycles. The monoisotopic (exact) mass is 217 g/mol. The Balaban J connectivity index is 4.39. The van der Waals surface area contributed by atoms with Gasteiger partial charge in [-0.3, -0.25) is 0 Å². The minimum Gasteiger partial charge on any atom is -0.432 e. The van der Waals surface area contributed by atoms with Crippen LogP contribution in [-0.4, -0.2) is 25.9 Å². The van der Waals surface area contributed by atoms with E-state index in [0.29, 0.717) is 6.54 Å². The van der Waals surface area contributed by atoms with E-state index in [4.69, 9.17) is 5.73 Å². The Kier molecular flexibility index (Phi) is 4.98. The first-order chi connectivity index (χ1) is 6.24. The number of rotatable bonds is 6. The lowest BCUT2D eigenvalue weighted by Gasteiger charge is -2.36. The molecule has 14 heavy (non-hydrogen) atoms. The Hall–Kier alpha value is -0.193. The zero-order chi connectivity index (χ0) is 11.4. The van der Waals surface area contributed by atoms with Gasteiger partial charge in [0.2, 0.25) is 0 Å². The van der Waals surface area contributed by atoms with Crippen molar-refractivity contribution in [3.63, 3.8) is 0 Å². The van der Waals surface area contributed by atoms with Gasteiger partial charge in [-0.25, -0.2) is 0 Å². The van der Waals surface area contributed by atoms with Crippen LogP contribution in [-0.2, 0) is 4.79 Å². The van der Waals surface area contributed by atoms with Crippen molar-refractivity contribution in [1.82, 2.24) is 0 Å². The first kappa shape index (κ1) is 13.8. The van der Waals surface area contributed by atoms with Crippen molar-refractivity contribution in [2.75, 3.05) is 6.54 Å². The zero-order valence-corrected chi connectivity index (χ0v) is 10.7. The van der Waals surface area contributed by atoms with E-state index in [-0.39, 0.29) is 11.0 Å². The Morgan fingerprint density at radius 2 is 2.00 bits per heavy atom.